The summed E-state index contributed by atoms with van der Waals surface area (Å²) >= 11 is 0. The van der Waals surface area contributed by atoms with E-state index in [4.69, 9.17) is 11.1 Å². The van der Waals surface area contributed by atoms with Crippen molar-refractivity contribution in [1.29, 1.82) is 5.41 Å². The second kappa shape index (κ2) is 4.30. The lowest BCUT2D eigenvalue weighted by Crippen LogP contribution is -2.36. The van der Waals surface area contributed by atoms with Crippen molar-refractivity contribution in [2.45, 2.75) is 44.6 Å². The van der Waals surface area contributed by atoms with Crippen molar-refractivity contribution in [2.75, 3.05) is 13.1 Å². The van der Waals surface area contributed by atoms with Gasteiger partial charge in [-0.05, 0) is 31.6 Å². The standard InChI is InChI=1S/C11H21N3/c12-11(13)6-7-14(10-4-5-10)8-9-2-1-3-9/h9-10H,1-8H2,(H3,12,13). The van der Waals surface area contributed by atoms with Gasteiger partial charge in [0.25, 0.3) is 0 Å². The van der Waals surface area contributed by atoms with Crippen LogP contribution in [0.15, 0.2) is 0 Å². The Morgan fingerprint density at radius 2 is 2.00 bits per heavy atom. The molecule has 2 rings (SSSR count). The molecule has 0 heterocycles. The molecule has 0 atom stereocenters. The van der Waals surface area contributed by atoms with E-state index < -0.39 is 0 Å². The third kappa shape index (κ3) is 2.71. The molecular weight excluding hydrogens is 174 g/mol. The SMILES string of the molecule is N=C(N)CCN(CC1CCC1)C1CC1. The van der Waals surface area contributed by atoms with Crippen molar-refractivity contribution in [3.05, 3.63) is 0 Å². The lowest BCUT2D eigenvalue weighted by molar-refractivity contribution is 0.174. The fraction of sp³-hybridized carbons (Fsp3) is 0.909. The van der Waals surface area contributed by atoms with Crippen molar-refractivity contribution in [2.24, 2.45) is 11.7 Å². The molecule has 0 aliphatic heterocycles. The Hall–Kier alpha value is -0.570. The van der Waals surface area contributed by atoms with E-state index in [1.165, 1.54) is 38.6 Å². The van der Waals surface area contributed by atoms with Gasteiger partial charge in [-0.1, -0.05) is 6.42 Å². The molecule has 80 valence electrons. The summed E-state index contributed by atoms with van der Waals surface area (Å²) in [6.07, 6.45) is 7.75. The fourth-order valence-electron chi connectivity index (χ4n) is 2.13. The van der Waals surface area contributed by atoms with Gasteiger partial charge in [-0.25, -0.2) is 0 Å². The van der Waals surface area contributed by atoms with Crippen LogP contribution in [0, 0.1) is 11.3 Å². The minimum absolute atomic E-state index is 0.337. The summed E-state index contributed by atoms with van der Waals surface area (Å²) in [5.41, 5.74) is 5.40. The molecule has 0 bridgehead atoms. The number of hydrogen-bond acceptors (Lipinski definition) is 2. The van der Waals surface area contributed by atoms with Gasteiger partial charge < -0.3 is 5.73 Å². The molecule has 0 spiro atoms. The van der Waals surface area contributed by atoms with Crippen molar-refractivity contribution < 1.29 is 0 Å². The van der Waals surface area contributed by atoms with Crippen LogP contribution in [0.1, 0.15) is 38.5 Å². The molecule has 14 heavy (non-hydrogen) atoms. The van der Waals surface area contributed by atoms with E-state index in [1.54, 1.807) is 0 Å². The first-order chi connectivity index (χ1) is 6.75. The van der Waals surface area contributed by atoms with Gasteiger partial charge in [0.05, 0.1) is 5.84 Å². The van der Waals surface area contributed by atoms with Crippen molar-refractivity contribution >= 4 is 5.84 Å². The van der Waals surface area contributed by atoms with Gasteiger partial charge in [0, 0.05) is 25.6 Å². The molecule has 0 amide bonds. The molecule has 2 aliphatic carbocycles. The van der Waals surface area contributed by atoms with Crippen LogP contribution in [0.3, 0.4) is 0 Å². The van der Waals surface area contributed by atoms with E-state index in [-0.39, 0.29) is 0 Å². The van der Waals surface area contributed by atoms with Crippen molar-refractivity contribution in [3.63, 3.8) is 0 Å². The average molecular weight is 195 g/mol. The van der Waals surface area contributed by atoms with E-state index >= 15 is 0 Å². The highest BCUT2D eigenvalue weighted by Crippen LogP contribution is 2.32. The van der Waals surface area contributed by atoms with E-state index in [9.17, 15) is 0 Å². The third-order valence-electron chi connectivity index (χ3n) is 3.45. The summed E-state index contributed by atoms with van der Waals surface area (Å²) in [6, 6.07) is 0.829. The topological polar surface area (TPSA) is 53.1 Å². The van der Waals surface area contributed by atoms with Crippen LogP contribution >= 0.6 is 0 Å². The molecular formula is C11H21N3. The first-order valence-corrected chi connectivity index (χ1v) is 5.82. The van der Waals surface area contributed by atoms with Gasteiger partial charge in [-0.2, -0.15) is 0 Å². The predicted molar refractivity (Wildman–Crippen MR) is 58.5 cm³/mol. The average Bonchev–Trinajstić information content (AvgIpc) is 2.84. The number of nitrogens with zero attached hydrogens (tertiary/aromatic N) is 1. The van der Waals surface area contributed by atoms with E-state index in [0.29, 0.717) is 5.84 Å². The molecule has 3 nitrogen and oxygen atoms in total. The zero-order chi connectivity index (χ0) is 9.97. The van der Waals surface area contributed by atoms with Crippen LogP contribution in [0.25, 0.3) is 0 Å². The van der Waals surface area contributed by atoms with Gasteiger partial charge in [0.1, 0.15) is 0 Å². The number of rotatable bonds is 6. The van der Waals surface area contributed by atoms with Gasteiger partial charge in [-0.3, -0.25) is 10.3 Å². The Morgan fingerprint density at radius 3 is 2.43 bits per heavy atom. The van der Waals surface area contributed by atoms with Crippen molar-refractivity contribution in [1.82, 2.24) is 4.90 Å². The van der Waals surface area contributed by atoms with E-state index in [2.05, 4.69) is 4.90 Å². The summed E-state index contributed by atoms with van der Waals surface area (Å²) < 4.78 is 0. The second-order valence-corrected chi connectivity index (χ2v) is 4.80. The van der Waals surface area contributed by atoms with Gasteiger partial charge in [0.2, 0.25) is 0 Å². The predicted octanol–water partition coefficient (Wildman–Crippen LogP) is 1.58. The Kier molecular flexibility index (Phi) is 3.06. The molecule has 3 heteroatoms. The van der Waals surface area contributed by atoms with Crippen LogP contribution in [0.2, 0.25) is 0 Å². The molecule has 0 unspecified atom stereocenters. The fourth-order valence-corrected chi connectivity index (χ4v) is 2.13. The van der Waals surface area contributed by atoms with Crippen LogP contribution in [0.5, 0.6) is 0 Å². The zero-order valence-electron chi connectivity index (χ0n) is 8.84. The molecule has 0 aromatic heterocycles. The smallest absolute Gasteiger partial charge is 0.0918 e. The highest BCUT2D eigenvalue weighted by Gasteiger charge is 2.31. The molecule has 0 aromatic carbocycles. The number of nitrogens with one attached hydrogen (secondary N) is 1. The Bertz CT molecular complexity index is 207. The first-order valence-electron chi connectivity index (χ1n) is 5.82. The first kappa shape index (κ1) is 9.97. The molecule has 2 aliphatic rings. The summed E-state index contributed by atoms with van der Waals surface area (Å²) in [6.45, 7) is 2.27. The summed E-state index contributed by atoms with van der Waals surface area (Å²) in [7, 11) is 0. The maximum Gasteiger partial charge on any atom is 0.0918 e. The molecule has 3 N–H and O–H groups in total. The Balaban J connectivity index is 1.71. The van der Waals surface area contributed by atoms with E-state index in [0.717, 1.165) is 24.9 Å². The monoisotopic (exact) mass is 195 g/mol. The van der Waals surface area contributed by atoms with Crippen LogP contribution < -0.4 is 5.73 Å². The van der Waals surface area contributed by atoms with Gasteiger partial charge in [-0.15, -0.1) is 0 Å². The number of amidine groups is 1. The molecule has 2 saturated carbocycles. The second-order valence-electron chi connectivity index (χ2n) is 4.80. The highest BCUT2D eigenvalue weighted by molar-refractivity contribution is 5.76. The largest absolute Gasteiger partial charge is 0.388 e. The maximum absolute atomic E-state index is 7.24. The molecule has 0 radical (unpaired) electrons. The summed E-state index contributed by atoms with van der Waals surface area (Å²) in [4.78, 5) is 2.56. The van der Waals surface area contributed by atoms with E-state index in [1.807, 2.05) is 0 Å². The highest BCUT2D eigenvalue weighted by atomic mass is 15.2. The number of hydrogen-bond donors (Lipinski definition) is 2. The molecule has 0 aromatic rings. The van der Waals surface area contributed by atoms with Gasteiger partial charge in [0.15, 0.2) is 0 Å². The summed E-state index contributed by atoms with van der Waals surface area (Å²) in [5, 5.41) is 7.24. The van der Waals surface area contributed by atoms with Crippen molar-refractivity contribution in [3.8, 4) is 0 Å². The summed E-state index contributed by atoms with van der Waals surface area (Å²) in [5.74, 6) is 1.28. The Morgan fingerprint density at radius 1 is 1.29 bits per heavy atom. The Labute approximate surface area is 86.2 Å². The van der Waals surface area contributed by atoms with Crippen LogP contribution in [-0.2, 0) is 0 Å². The zero-order valence-corrected chi connectivity index (χ0v) is 8.84. The quantitative estimate of drug-likeness (QED) is 0.499. The lowest BCUT2D eigenvalue weighted by atomic mass is 9.85. The minimum Gasteiger partial charge on any atom is -0.388 e. The number of nitrogens with two attached hydrogens (primary N) is 1. The van der Waals surface area contributed by atoms with Crippen LogP contribution in [-0.4, -0.2) is 29.9 Å². The molecule has 2 fully saturated rings. The minimum atomic E-state index is 0.337. The van der Waals surface area contributed by atoms with Gasteiger partial charge >= 0.3 is 0 Å². The normalized spacial score (nSPS) is 22.4. The maximum atomic E-state index is 7.24. The molecule has 0 saturated heterocycles. The van der Waals surface area contributed by atoms with Crippen LogP contribution in [0.4, 0.5) is 0 Å². The lowest BCUT2D eigenvalue weighted by Gasteiger charge is -2.32. The third-order valence-corrected chi connectivity index (χ3v) is 3.45.